The van der Waals surface area contributed by atoms with Gasteiger partial charge in [0.05, 0.1) is 12.2 Å². The maximum atomic E-state index is 12.4. The highest BCUT2D eigenvalue weighted by Crippen LogP contribution is 2.35. The van der Waals surface area contributed by atoms with Crippen molar-refractivity contribution in [3.8, 4) is 5.75 Å². The molecular formula is C14H19ClO4P+. The molecule has 0 fully saturated rings. The number of halogens is 1. The summed E-state index contributed by atoms with van der Waals surface area (Å²) in [6, 6.07) is 6.86. The minimum absolute atomic E-state index is 0.0593. The number of para-hydroxylation sites is 1. The third-order valence-electron chi connectivity index (χ3n) is 2.22. The fraction of sp³-hybridized carbons (Fsp3) is 0.500. The molecule has 0 spiro atoms. The molecule has 0 saturated heterocycles. The average molecular weight is 318 g/mol. The zero-order valence-corrected chi connectivity index (χ0v) is 13.6. The smallest absolute Gasteiger partial charge is 0.412 e. The predicted molar refractivity (Wildman–Crippen MR) is 80.3 cm³/mol. The molecule has 0 saturated carbocycles. The molecule has 0 amide bonds. The zero-order chi connectivity index (χ0) is 15.3. The van der Waals surface area contributed by atoms with Crippen LogP contribution in [0.5, 0.6) is 5.75 Å². The molecule has 0 aliphatic rings. The van der Waals surface area contributed by atoms with Gasteiger partial charge >= 0.3 is 18.9 Å². The molecule has 110 valence electrons. The van der Waals surface area contributed by atoms with E-state index < -0.39 is 18.9 Å². The minimum Gasteiger partial charge on any atom is -0.486 e. The summed E-state index contributed by atoms with van der Waals surface area (Å²) in [5.74, 6) is -0.200. The summed E-state index contributed by atoms with van der Waals surface area (Å²) in [7, 11) is -2.14. The molecule has 1 aromatic carbocycles. The number of benzene rings is 1. The maximum Gasteiger partial charge on any atom is 0.412 e. The van der Waals surface area contributed by atoms with Crippen molar-refractivity contribution in [2.45, 2.75) is 45.0 Å². The Bertz CT molecular complexity index is 488. The Kier molecular flexibility index (Phi) is 6.44. The first-order valence-corrected chi connectivity index (χ1v) is 8.16. The normalized spacial score (nSPS) is 13.2. The Balaban J connectivity index is 2.94. The van der Waals surface area contributed by atoms with E-state index in [4.69, 9.17) is 21.1 Å². The summed E-state index contributed by atoms with van der Waals surface area (Å²) in [5, 5.41) is -0.791. The van der Waals surface area contributed by atoms with Crippen LogP contribution in [0.3, 0.4) is 0 Å². The van der Waals surface area contributed by atoms with E-state index in [2.05, 4.69) is 0 Å². The van der Waals surface area contributed by atoms with E-state index >= 15 is 0 Å². The van der Waals surface area contributed by atoms with Crippen molar-refractivity contribution in [3.63, 3.8) is 0 Å². The molecular weight excluding hydrogens is 299 g/mol. The zero-order valence-electron chi connectivity index (χ0n) is 12.0. The Morgan fingerprint density at radius 1 is 1.15 bits per heavy atom. The van der Waals surface area contributed by atoms with E-state index in [1.54, 1.807) is 38.1 Å². The number of esters is 1. The van der Waals surface area contributed by atoms with Gasteiger partial charge in [0.25, 0.3) is 0 Å². The number of hydrogen-bond donors (Lipinski definition) is 0. The maximum absolute atomic E-state index is 12.4. The van der Waals surface area contributed by atoms with E-state index in [1.807, 2.05) is 13.8 Å². The van der Waals surface area contributed by atoms with E-state index in [0.29, 0.717) is 11.1 Å². The number of alkyl halides is 1. The van der Waals surface area contributed by atoms with Gasteiger partial charge in [-0.15, -0.1) is 0 Å². The van der Waals surface area contributed by atoms with Gasteiger partial charge in [-0.05, 0) is 39.8 Å². The summed E-state index contributed by atoms with van der Waals surface area (Å²) in [6.45, 7) is 7.17. The quantitative estimate of drug-likeness (QED) is 0.458. The average Bonchev–Trinajstić information content (AvgIpc) is 2.36. The van der Waals surface area contributed by atoms with Crippen LogP contribution < -0.4 is 10.0 Å². The number of carbonyl (C=O) groups excluding carboxylic acids is 1. The van der Waals surface area contributed by atoms with Crippen molar-refractivity contribution >= 4 is 30.7 Å². The van der Waals surface area contributed by atoms with Gasteiger partial charge in [0.2, 0.25) is 5.30 Å². The summed E-state index contributed by atoms with van der Waals surface area (Å²) < 4.78 is 23.0. The molecule has 1 aromatic rings. The van der Waals surface area contributed by atoms with Crippen LogP contribution in [-0.4, -0.2) is 23.3 Å². The van der Waals surface area contributed by atoms with E-state index in [-0.39, 0.29) is 12.2 Å². The molecule has 0 bridgehead atoms. The van der Waals surface area contributed by atoms with Crippen molar-refractivity contribution in [1.82, 2.24) is 0 Å². The van der Waals surface area contributed by atoms with Gasteiger partial charge in [-0.1, -0.05) is 28.3 Å². The molecule has 0 radical (unpaired) electrons. The largest absolute Gasteiger partial charge is 0.486 e. The Morgan fingerprint density at radius 2 is 1.75 bits per heavy atom. The summed E-state index contributed by atoms with van der Waals surface area (Å²) in [4.78, 5) is 11.7. The highest BCUT2D eigenvalue weighted by atomic mass is 35.5. The molecule has 2 unspecified atom stereocenters. The lowest BCUT2D eigenvalue weighted by molar-refractivity contribution is -0.145. The van der Waals surface area contributed by atoms with Crippen molar-refractivity contribution in [2.24, 2.45) is 0 Å². The molecule has 20 heavy (non-hydrogen) atoms. The molecule has 6 heteroatoms. The van der Waals surface area contributed by atoms with Gasteiger partial charge in [0, 0.05) is 0 Å². The van der Waals surface area contributed by atoms with Gasteiger partial charge < -0.3 is 9.47 Å². The van der Waals surface area contributed by atoms with Crippen molar-refractivity contribution in [3.05, 3.63) is 24.3 Å². The van der Waals surface area contributed by atoms with Crippen LogP contribution in [0.25, 0.3) is 0 Å². The minimum atomic E-state index is -2.14. The second-order valence-corrected chi connectivity index (χ2v) is 7.17. The van der Waals surface area contributed by atoms with Crippen molar-refractivity contribution < 1.29 is 18.8 Å². The molecule has 4 nitrogen and oxygen atoms in total. The second kappa shape index (κ2) is 7.61. The lowest BCUT2D eigenvalue weighted by Crippen LogP contribution is -2.22. The van der Waals surface area contributed by atoms with E-state index in [9.17, 15) is 9.36 Å². The topological polar surface area (TPSA) is 52.6 Å². The number of carbonyl (C=O) groups is 1. The van der Waals surface area contributed by atoms with Crippen LogP contribution in [0.15, 0.2) is 24.3 Å². The van der Waals surface area contributed by atoms with Crippen LogP contribution in [0.2, 0.25) is 0 Å². The Labute approximate surface area is 125 Å². The standard InChI is InChI=1S/C14H19ClO4P/c1-9(2)18-11-7-5-6-8-12(11)20(17)13(15)14(16)19-10(3)4/h5-10,13H,1-4H3/q+1. The first-order chi connectivity index (χ1) is 9.32. The third kappa shape index (κ3) is 4.77. The number of hydrogen-bond acceptors (Lipinski definition) is 4. The Hall–Kier alpha value is -1.12. The molecule has 0 N–H and O–H groups in total. The van der Waals surface area contributed by atoms with Crippen LogP contribution in [-0.2, 0) is 14.1 Å². The van der Waals surface area contributed by atoms with Crippen LogP contribution in [0.4, 0.5) is 0 Å². The Morgan fingerprint density at radius 3 is 2.30 bits per heavy atom. The number of ether oxygens (including phenoxy) is 2. The summed E-state index contributed by atoms with van der Waals surface area (Å²) in [6.07, 6.45) is -0.356. The van der Waals surface area contributed by atoms with Crippen LogP contribution in [0.1, 0.15) is 27.7 Å². The molecule has 2 atom stereocenters. The fourth-order valence-corrected chi connectivity index (χ4v) is 2.94. The SMILES string of the molecule is CC(C)OC(=O)C(Cl)[P+](=O)c1ccccc1OC(C)C. The molecule has 0 aromatic heterocycles. The highest BCUT2D eigenvalue weighted by molar-refractivity contribution is 7.57. The van der Waals surface area contributed by atoms with E-state index in [0.717, 1.165) is 0 Å². The molecule has 0 aliphatic heterocycles. The summed E-state index contributed by atoms with van der Waals surface area (Å²) in [5.41, 5.74) is 0. The van der Waals surface area contributed by atoms with Crippen LogP contribution in [0, 0.1) is 0 Å². The monoisotopic (exact) mass is 317 g/mol. The van der Waals surface area contributed by atoms with Gasteiger partial charge in [0.15, 0.2) is 5.75 Å². The van der Waals surface area contributed by atoms with Gasteiger partial charge in [-0.3, -0.25) is 0 Å². The first-order valence-electron chi connectivity index (χ1n) is 6.39. The third-order valence-corrected chi connectivity index (χ3v) is 4.39. The number of rotatable bonds is 6. The lowest BCUT2D eigenvalue weighted by Gasteiger charge is -2.10. The van der Waals surface area contributed by atoms with Crippen molar-refractivity contribution in [2.75, 3.05) is 0 Å². The lowest BCUT2D eigenvalue weighted by atomic mass is 10.3. The molecule has 1 rings (SSSR count). The molecule has 0 aliphatic carbocycles. The first kappa shape index (κ1) is 16.9. The fourth-order valence-electron chi connectivity index (χ4n) is 1.50. The predicted octanol–water partition coefficient (Wildman–Crippen LogP) is 3.44. The van der Waals surface area contributed by atoms with Gasteiger partial charge in [-0.25, -0.2) is 4.79 Å². The van der Waals surface area contributed by atoms with Crippen LogP contribution >= 0.6 is 19.4 Å². The molecule has 0 heterocycles. The summed E-state index contributed by atoms with van der Waals surface area (Å²) >= 11 is 5.96. The van der Waals surface area contributed by atoms with Gasteiger partial charge in [-0.2, -0.15) is 0 Å². The highest BCUT2D eigenvalue weighted by Gasteiger charge is 2.41. The van der Waals surface area contributed by atoms with Gasteiger partial charge in [0.1, 0.15) is 0 Å². The van der Waals surface area contributed by atoms with E-state index in [1.165, 1.54) is 0 Å². The second-order valence-electron chi connectivity index (χ2n) is 4.78. The van der Waals surface area contributed by atoms with Crippen molar-refractivity contribution in [1.29, 1.82) is 0 Å².